The Morgan fingerprint density at radius 3 is 2.85 bits per heavy atom. The third-order valence-corrected chi connectivity index (χ3v) is 6.14. The van der Waals surface area contributed by atoms with Gasteiger partial charge < -0.3 is 5.32 Å². The third-order valence-electron chi connectivity index (χ3n) is 3.89. The molecule has 2 rings (SSSR count). The summed E-state index contributed by atoms with van der Waals surface area (Å²) in [5.41, 5.74) is 0.906. The van der Waals surface area contributed by atoms with Crippen molar-refractivity contribution >= 4 is 21.6 Å². The van der Waals surface area contributed by atoms with E-state index in [1.165, 1.54) is 4.31 Å². The maximum Gasteiger partial charge on any atom is 0.215 e. The summed E-state index contributed by atoms with van der Waals surface area (Å²) < 4.78 is 26.3. The second-order valence-corrected chi connectivity index (χ2v) is 7.83. The molecule has 6 heteroatoms. The molecule has 0 saturated carbocycles. The molecule has 1 fully saturated rings. The van der Waals surface area contributed by atoms with E-state index in [0.717, 1.165) is 24.9 Å². The maximum atomic E-state index is 12.4. The van der Waals surface area contributed by atoms with Crippen LogP contribution in [0.15, 0.2) is 24.3 Å². The van der Waals surface area contributed by atoms with Crippen LogP contribution in [0, 0.1) is 0 Å². The molecule has 1 saturated heterocycles. The van der Waals surface area contributed by atoms with Gasteiger partial charge in [-0.1, -0.05) is 23.7 Å². The smallest absolute Gasteiger partial charge is 0.215 e. The molecular formula is C14H21ClN2O2S. The molecule has 0 bridgehead atoms. The van der Waals surface area contributed by atoms with Crippen LogP contribution in [-0.2, 0) is 10.0 Å². The summed E-state index contributed by atoms with van der Waals surface area (Å²) in [6.45, 7) is 2.79. The Morgan fingerprint density at radius 2 is 2.25 bits per heavy atom. The first kappa shape index (κ1) is 15.8. The first-order valence-electron chi connectivity index (χ1n) is 6.85. The van der Waals surface area contributed by atoms with Crippen molar-refractivity contribution in [1.82, 2.24) is 9.62 Å². The number of hydrogen-bond acceptors (Lipinski definition) is 3. The lowest BCUT2D eigenvalue weighted by Crippen LogP contribution is -2.38. The van der Waals surface area contributed by atoms with Crippen LogP contribution >= 0.6 is 11.6 Å². The Morgan fingerprint density at radius 1 is 1.50 bits per heavy atom. The summed E-state index contributed by atoms with van der Waals surface area (Å²) in [7, 11) is -1.64. The van der Waals surface area contributed by atoms with Crippen molar-refractivity contribution in [3.8, 4) is 0 Å². The number of rotatable bonds is 5. The SMILES string of the molecule is CC(c1cccc(Cl)c1)N(C)S(=O)(=O)CC1CCCN1. The van der Waals surface area contributed by atoms with Gasteiger partial charge in [-0.05, 0) is 44.0 Å². The summed E-state index contributed by atoms with van der Waals surface area (Å²) in [6.07, 6.45) is 1.98. The van der Waals surface area contributed by atoms with Gasteiger partial charge in [0.25, 0.3) is 0 Å². The molecule has 112 valence electrons. The lowest BCUT2D eigenvalue weighted by atomic mass is 10.1. The van der Waals surface area contributed by atoms with E-state index in [4.69, 9.17) is 11.6 Å². The lowest BCUT2D eigenvalue weighted by molar-refractivity contribution is 0.395. The van der Waals surface area contributed by atoms with Gasteiger partial charge in [-0.25, -0.2) is 8.42 Å². The molecule has 1 aliphatic rings. The predicted octanol–water partition coefficient (Wildman–Crippen LogP) is 2.41. The molecule has 0 aromatic heterocycles. The molecule has 2 atom stereocenters. The predicted molar refractivity (Wildman–Crippen MR) is 82.4 cm³/mol. The van der Waals surface area contributed by atoms with Crippen LogP contribution in [0.2, 0.25) is 5.02 Å². The molecule has 1 N–H and O–H groups in total. The fraction of sp³-hybridized carbons (Fsp3) is 0.571. The van der Waals surface area contributed by atoms with Crippen molar-refractivity contribution in [2.75, 3.05) is 19.3 Å². The van der Waals surface area contributed by atoms with Crippen molar-refractivity contribution in [2.24, 2.45) is 0 Å². The average Bonchev–Trinajstić information content (AvgIpc) is 2.89. The van der Waals surface area contributed by atoms with Crippen molar-refractivity contribution < 1.29 is 8.42 Å². The Bertz CT molecular complexity index is 556. The first-order chi connectivity index (χ1) is 9.40. The highest BCUT2D eigenvalue weighted by Crippen LogP contribution is 2.25. The van der Waals surface area contributed by atoms with E-state index in [9.17, 15) is 8.42 Å². The molecule has 2 unspecified atom stereocenters. The zero-order valence-electron chi connectivity index (χ0n) is 11.8. The molecular weight excluding hydrogens is 296 g/mol. The number of benzene rings is 1. The molecule has 0 spiro atoms. The number of nitrogens with one attached hydrogen (secondary N) is 1. The van der Waals surface area contributed by atoms with Gasteiger partial charge in [0, 0.05) is 24.2 Å². The lowest BCUT2D eigenvalue weighted by Gasteiger charge is -2.26. The maximum absolute atomic E-state index is 12.4. The highest BCUT2D eigenvalue weighted by Gasteiger charge is 2.28. The van der Waals surface area contributed by atoms with Gasteiger partial charge in [0.2, 0.25) is 10.0 Å². The Hall–Kier alpha value is -0.620. The quantitative estimate of drug-likeness (QED) is 0.907. The van der Waals surface area contributed by atoms with Gasteiger partial charge in [0.15, 0.2) is 0 Å². The van der Waals surface area contributed by atoms with E-state index in [1.807, 2.05) is 25.1 Å². The van der Waals surface area contributed by atoms with Crippen molar-refractivity contribution in [3.05, 3.63) is 34.9 Å². The fourth-order valence-electron chi connectivity index (χ4n) is 2.49. The zero-order valence-corrected chi connectivity index (χ0v) is 13.4. The zero-order chi connectivity index (χ0) is 14.8. The van der Waals surface area contributed by atoms with Crippen LogP contribution in [0.5, 0.6) is 0 Å². The van der Waals surface area contributed by atoms with Crippen molar-refractivity contribution in [2.45, 2.75) is 31.8 Å². The summed E-state index contributed by atoms with van der Waals surface area (Å²) in [5.74, 6) is 0.161. The van der Waals surface area contributed by atoms with Gasteiger partial charge in [0.1, 0.15) is 0 Å². The summed E-state index contributed by atoms with van der Waals surface area (Å²) in [4.78, 5) is 0. The van der Waals surface area contributed by atoms with Crippen LogP contribution in [0.25, 0.3) is 0 Å². The second-order valence-electron chi connectivity index (χ2n) is 5.32. The largest absolute Gasteiger partial charge is 0.313 e. The number of sulfonamides is 1. The Balaban J connectivity index is 2.10. The van der Waals surface area contributed by atoms with E-state index in [2.05, 4.69) is 5.32 Å². The molecule has 1 aromatic carbocycles. The van der Waals surface area contributed by atoms with Gasteiger partial charge in [-0.15, -0.1) is 0 Å². The third kappa shape index (κ3) is 3.73. The number of nitrogens with zero attached hydrogens (tertiary/aromatic N) is 1. The Labute approximate surface area is 126 Å². The molecule has 1 aliphatic heterocycles. The van der Waals surface area contributed by atoms with Crippen LogP contribution < -0.4 is 5.32 Å². The minimum absolute atomic E-state index is 0.0778. The van der Waals surface area contributed by atoms with Crippen molar-refractivity contribution in [1.29, 1.82) is 0 Å². The molecule has 1 aromatic rings. The standard InChI is InChI=1S/C14H21ClN2O2S/c1-11(12-5-3-6-13(15)9-12)17(2)20(18,19)10-14-7-4-8-16-14/h3,5-6,9,11,14,16H,4,7-8,10H2,1-2H3. The van der Waals surface area contributed by atoms with Gasteiger partial charge in [-0.2, -0.15) is 4.31 Å². The van der Waals surface area contributed by atoms with Gasteiger partial charge in [0.05, 0.1) is 5.75 Å². The second kappa shape index (κ2) is 6.43. The van der Waals surface area contributed by atoms with E-state index >= 15 is 0 Å². The molecule has 0 amide bonds. The van der Waals surface area contributed by atoms with Crippen LogP contribution in [-0.4, -0.2) is 38.1 Å². The molecule has 4 nitrogen and oxygen atoms in total. The molecule has 20 heavy (non-hydrogen) atoms. The van der Waals surface area contributed by atoms with E-state index in [-0.39, 0.29) is 17.8 Å². The highest BCUT2D eigenvalue weighted by molar-refractivity contribution is 7.89. The normalized spacial score (nSPS) is 21.3. The van der Waals surface area contributed by atoms with Crippen LogP contribution in [0.4, 0.5) is 0 Å². The molecule has 1 heterocycles. The van der Waals surface area contributed by atoms with Crippen LogP contribution in [0.3, 0.4) is 0 Å². The minimum atomic E-state index is -3.28. The minimum Gasteiger partial charge on any atom is -0.313 e. The highest BCUT2D eigenvalue weighted by atomic mass is 35.5. The van der Waals surface area contributed by atoms with Gasteiger partial charge in [-0.3, -0.25) is 0 Å². The summed E-state index contributed by atoms with van der Waals surface area (Å²) in [6, 6.07) is 7.19. The summed E-state index contributed by atoms with van der Waals surface area (Å²) >= 11 is 5.97. The number of hydrogen-bond donors (Lipinski definition) is 1. The molecule has 0 aliphatic carbocycles. The number of halogens is 1. The summed E-state index contributed by atoms with van der Waals surface area (Å²) in [5, 5.41) is 3.85. The fourth-order valence-corrected chi connectivity index (χ4v) is 4.32. The molecule has 0 radical (unpaired) electrons. The van der Waals surface area contributed by atoms with Crippen molar-refractivity contribution in [3.63, 3.8) is 0 Å². The van der Waals surface area contributed by atoms with Gasteiger partial charge >= 0.3 is 0 Å². The monoisotopic (exact) mass is 316 g/mol. The van der Waals surface area contributed by atoms with E-state index < -0.39 is 10.0 Å². The van der Waals surface area contributed by atoms with Crippen LogP contribution in [0.1, 0.15) is 31.4 Å². The Kier molecular flexibility index (Phi) is 5.07. The first-order valence-corrected chi connectivity index (χ1v) is 8.83. The van der Waals surface area contributed by atoms with E-state index in [0.29, 0.717) is 5.02 Å². The average molecular weight is 317 g/mol. The van der Waals surface area contributed by atoms with E-state index in [1.54, 1.807) is 13.1 Å². The topological polar surface area (TPSA) is 49.4 Å².